The predicted molar refractivity (Wildman–Crippen MR) is 102 cm³/mol. The molecular weight excluding hydrogens is 344 g/mol. The van der Waals surface area contributed by atoms with Gasteiger partial charge in [0.25, 0.3) is 0 Å². The first kappa shape index (κ1) is 19.6. The van der Waals surface area contributed by atoms with E-state index in [1.54, 1.807) is 18.7 Å². The van der Waals surface area contributed by atoms with Crippen LogP contribution in [0, 0.1) is 25.7 Å². The number of hydrogen-bond donors (Lipinski definition) is 1. The van der Waals surface area contributed by atoms with Crippen molar-refractivity contribution in [2.45, 2.75) is 65.3 Å². The molecule has 27 heavy (non-hydrogen) atoms. The normalized spacial score (nSPS) is 18.4. The van der Waals surface area contributed by atoms with E-state index in [0.717, 1.165) is 38.5 Å². The summed E-state index contributed by atoms with van der Waals surface area (Å²) in [7, 11) is 1.32. The Bertz CT molecular complexity index is 742. The molecule has 2 aliphatic rings. The number of aromatic amines is 1. The summed E-state index contributed by atoms with van der Waals surface area (Å²) in [5.74, 6) is 0.101. The van der Waals surface area contributed by atoms with Crippen LogP contribution in [0.2, 0.25) is 0 Å². The molecule has 6 heteroatoms. The molecule has 1 atom stereocenters. The highest BCUT2D eigenvalue weighted by molar-refractivity contribution is 6.06. The summed E-state index contributed by atoms with van der Waals surface area (Å²) in [6.45, 7) is 6.01. The monoisotopic (exact) mass is 374 g/mol. The third-order valence-corrected chi connectivity index (χ3v) is 6.06. The number of carbonyl (C=O) groups excluding carboxylic acids is 3. The fourth-order valence-electron chi connectivity index (χ4n) is 4.20. The molecule has 0 aliphatic heterocycles. The van der Waals surface area contributed by atoms with E-state index in [4.69, 9.17) is 4.74 Å². The van der Waals surface area contributed by atoms with Gasteiger partial charge in [0.1, 0.15) is 5.69 Å². The zero-order valence-corrected chi connectivity index (χ0v) is 16.8. The number of carbonyl (C=O) groups is 3. The molecule has 2 saturated carbocycles. The van der Waals surface area contributed by atoms with Gasteiger partial charge in [0.2, 0.25) is 5.91 Å². The Labute approximate surface area is 160 Å². The maximum absolute atomic E-state index is 13.3. The van der Waals surface area contributed by atoms with E-state index in [0.29, 0.717) is 35.0 Å². The molecule has 1 aromatic heterocycles. The Morgan fingerprint density at radius 2 is 1.78 bits per heavy atom. The average molecular weight is 374 g/mol. The predicted octanol–water partition coefficient (Wildman–Crippen LogP) is 3.42. The first-order valence-corrected chi connectivity index (χ1v) is 9.97. The molecule has 2 aliphatic carbocycles. The van der Waals surface area contributed by atoms with Crippen LogP contribution in [0.15, 0.2) is 0 Å². The number of Topliss-reactive ketones (excluding diaryl/α,β-unsaturated/α-hetero) is 1. The third-order valence-electron chi connectivity index (χ3n) is 6.06. The van der Waals surface area contributed by atoms with Gasteiger partial charge in [-0.2, -0.15) is 0 Å². The Morgan fingerprint density at radius 1 is 1.15 bits per heavy atom. The molecule has 0 saturated heterocycles. The van der Waals surface area contributed by atoms with Crippen LogP contribution in [-0.4, -0.2) is 47.2 Å². The number of ether oxygens (including phenoxy) is 1. The van der Waals surface area contributed by atoms with E-state index in [1.165, 1.54) is 7.11 Å². The molecule has 148 valence electrons. The second-order valence-electron chi connectivity index (χ2n) is 8.07. The number of esters is 1. The van der Waals surface area contributed by atoms with Gasteiger partial charge in [0.05, 0.1) is 13.2 Å². The van der Waals surface area contributed by atoms with E-state index in [9.17, 15) is 14.4 Å². The van der Waals surface area contributed by atoms with Crippen molar-refractivity contribution >= 4 is 17.7 Å². The van der Waals surface area contributed by atoms with Gasteiger partial charge in [-0.15, -0.1) is 0 Å². The highest BCUT2D eigenvalue weighted by atomic mass is 16.5. The average Bonchev–Trinajstić information content (AvgIpc) is 3.20. The SMILES string of the molecule is COC(=O)c1[nH]c(C)c(C(=O)[C@@H](C)N(CC2CC2)C(=O)C2CCCC2)c1C. The van der Waals surface area contributed by atoms with Gasteiger partial charge in [-0.05, 0) is 57.9 Å². The molecule has 1 aromatic rings. The Hall–Kier alpha value is -2.11. The molecule has 1 N–H and O–H groups in total. The molecule has 2 fully saturated rings. The van der Waals surface area contributed by atoms with Crippen LogP contribution in [0.25, 0.3) is 0 Å². The van der Waals surface area contributed by atoms with E-state index in [2.05, 4.69) is 4.98 Å². The number of H-pyrrole nitrogens is 1. The molecular formula is C21H30N2O4. The summed E-state index contributed by atoms with van der Waals surface area (Å²) in [5.41, 5.74) is 2.05. The first-order valence-electron chi connectivity index (χ1n) is 9.97. The van der Waals surface area contributed by atoms with E-state index >= 15 is 0 Å². The fourth-order valence-corrected chi connectivity index (χ4v) is 4.20. The van der Waals surface area contributed by atoms with Crippen molar-refractivity contribution in [2.24, 2.45) is 11.8 Å². The lowest BCUT2D eigenvalue weighted by Gasteiger charge is -2.31. The van der Waals surface area contributed by atoms with E-state index in [-0.39, 0.29) is 17.6 Å². The minimum atomic E-state index is -0.530. The minimum absolute atomic E-state index is 0.0537. The number of amides is 1. The van der Waals surface area contributed by atoms with Crippen LogP contribution in [0.1, 0.15) is 77.6 Å². The second-order valence-corrected chi connectivity index (χ2v) is 8.07. The molecule has 0 spiro atoms. The highest BCUT2D eigenvalue weighted by Gasteiger charge is 2.37. The number of rotatable bonds is 7. The van der Waals surface area contributed by atoms with E-state index < -0.39 is 12.0 Å². The molecule has 1 amide bonds. The third kappa shape index (κ3) is 3.94. The number of hydrogen-bond acceptors (Lipinski definition) is 4. The van der Waals surface area contributed by atoms with Gasteiger partial charge in [-0.25, -0.2) is 4.79 Å². The number of nitrogens with one attached hydrogen (secondary N) is 1. The molecule has 1 heterocycles. The van der Waals surface area contributed by atoms with Crippen LogP contribution in [0.5, 0.6) is 0 Å². The van der Waals surface area contributed by atoms with E-state index in [1.807, 2.05) is 6.92 Å². The largest absolute Gasteiger partial charge is 0.464 e. The highest BCUT2D eigenvalue weighted by Crippen LogP contribution is 2.34. The Kier molecular flexibility index (Phi) is 5.72. The molecule has 0 bridgehead atoms. The van der Waals surface area contributed by atoms with Crippen LogP contribution in [0.3, 0.4) is 0 Å². The lowest BCUT2D eigenvalue weighted by molar-refractivity contribution is -0.136. The number of aromatic nitrogens is 1. The topological polar surface area (TPSA) is 79.5 Å². The smallest absolute Gasteiger partial charge is 0.354 e. The van der Waals surface area contributed by atoms with Crippen molar-refractivity contribution < 1.29 is 19.1 Å². The van der Waals surface area contributed by atoms with Crippen molar-refractivity contribution in [1.82, 2.24) is 9.88 Å². The molecule has 0 aromatic carbocycles. The van der Waals surface area contributed by atoms with Gasteiger partial charge >= 0.3 is 5.97 Å². The number of nitrogens with zero attached hydrogens (tertiary/aromatic N) is 1. The lowest BCUT2D eigenvalue weighted by atomic mass is 9.97. The molecule has 0 unspecified atom stereocenters. The molecule has 0 radical (unpaired) electrons. The quantitative estimate of drug-likeness (QED) is 0.586. The summed E-state index contributed by atoms with van der Waals surface area (Å²) >= 11 is 0. The summed E-state index contributed by atoms with van der Waals surface area (Å²) < 4.78 is 4.79. The van der Waals surface area contributed by atoms with Gasteiger partial charge in [-0.3, -0.25) is 9.59 Å². The van der Waals surface area contributed by atoms with Crippen LogP contribution in [-0.2, 0) is 9.53 Å². The standard InChI is InChI=1S/C21H30N2O4/c1-12-17(13(2)22-18(12)21(26)27-4)19(24)14(3)23(11-15-9-10-15)20(25)16-7-5-6-8-16/h14-16,22H,5-11H2,1-4H3/t14-/m1/s1. The summed E-state index contributed by atoms with van der Waals surface area (Å²) in [6.07, 6.45) is 6.29. The van der Waals surface area contributed by atoms with Crippen LogP contribution < -0.4 is 0 Å². The van der Waals surface area contributed by atoms with Gasteiger partial charge in [-0.1, -0.05) is 12.8 Å². The zero-order valence-electron chi connectivity index (χ0n) is 16.8. The summed E-state index contributed by atoms with van der Waals surface area (Å²) in [5, 5.41) is 0. The molecule has 6 nitrogen and oxygen atoms in total. The number of aryl methyl sites for hydroxylation is 1. The van der Waals surface area contributed by atoms with Crippen molar-refractivity contribution in [2.75, 3.05) is 13.7 Å². The van der Waals surface area contributed by atoms with Crippen molar-refractivity contribution in [3.63, 3.8) is 0 Å². The van der Waals surface area contributed by atoms with Crippen LogP contribution >= 0.6 is 0 Å². The lowest BCUT2D eigenvalue weighted by Crippen LogP contribution is -2.47. The minimum Gasteiger partial charge on any atom is -0.464 e. The summed E-state index contributed by atoms with van der Waals surface area (Å²) in [4.78, 5) is 43.1. The van der Waals surface area contributed by atoms with Crippen LogP contribution in [0.4, 0.5) is 0 Å². The number of ketones is 1. The number of methoxy groups -OCH3 is 1. The van der Waals surface area contributed by atoms with Gasteiger partial charge in [0, 0.05) is 23.7 Å². The zero-order chi connectivity index (χ0) is 19.7. The maximum Gasteiger partial charge on any atom is 0.354 e. The van der Waals surface area contributed by atoms with Crippen molar-refractivity contribution in [3.8, 4) is 0 Å². The van der Waals surface area contributed by atoms with Crippen molar-refractivity contribution in [1.29, 1.82) is 0 Å². The first-order chi connectivity index (χ1) is 12.8. The summed E-state index contributed by atoms with van der Waals surface area (Å²) in [6, 6.07) is -0.530. The van der Waals surface area contributed by atoms with Gasteiger partial charge in [0.15, 0.2) is 5.78 Å². The Morgan fingerprint density at radius 3 is 2.33 bits per heavy atom. The van der Waals surface area contributed by atoms with Crippen molar-refractivity contribution in [3.05, 3.63) is 22.5 Å². The second kappa shape index (κ2) is 7.87. The molecule has 3 rings (SSSR count). The fraction of sp³-hybridized carbons (Fsp3) is 0.667. The maximum atomic E-state index is 13.3. The Balaban J connectivity index is 1.86. The van der Waals surface area contributed by atoms with Gasteiger partial charge < -0.3 is 14.6 Å².